The molecule has 0 aromatic carbocycles. The minimum atomic E-state index is 0.148. The lowest BCUT2D eigenvalue weighted by Crippen LogP contribution is -2.53. The number of nitrogens with one attached hydrogen (secondary N) is 2. The third kappa shape index (κ3) is 6.15. The number of amides is 2. The Hall–Kier alpha value is -0.790. The van der Waals surface area contributed by atoms with Crippen LogP contribution in [0.3, 0.4) is 0 Å². The fraction of sp³-hybridized carbons (Fsp3) is 0.889. The van der Waals surface area contributed by atoms with Crippen LogP contribution in [0.5, 0.6) is 0 Å². The van der Waals surface area contributed by atoms with Gasteiger partial charge in [-0.05, 0) is 12.8 Å². The van der Waals surface area contributed by atoms with Gasteiger partial charge in [0.2, 0.25) is 11.8 Å². The van der Waals surface area contributed by atoms with Gasteiger partial charge in [-0.2, -0.15) is 11.8 Å². The third-order valence-corrected chi connectivity index (χ3v) is 6.61. The summed E-state index contributed by atoms with van der Waals surface area (Å²) in [6, 6.07) is 0.704. The van der Waals surface area contributed by atoms with Crippen LogP contribution in [0.1, 0.15) is 38.5 Å². The second-order valence-corrected chi connectivity index (χ2v) is 8.64. The summed E-state index contributed by atoms with van der Waals surface area (Å²) in [5, 5.41) is 6.61. The Kier molecular flexibility index (Phi) is 7.43. The molecule has 3 aliphatic rings. The van der Waals surface area contributed by atoms with Crippen molar-refractivity contribution in [1.82, 2.24) is 20.4 Å². The van der Waals surface area contributed by atoms with Gasteiger partial charge in [0, 0.05) is 62.7 Å². The fourth-order valence-corrected chi connectivity index (χ4v) is 4.92. The summed E-state index contributed by atoms with van der Waals surface area (Å²) in [7, 11) is 0. The quantitative estimate of drug-likeness (QED) is 0.747. The van der Waals surface area contributed by atoms with Crippen molar-refractivity contribution in [3.8, 4) is 0 Å². The van der Waals surface area contributed by atoms with Crippen molar-refractivity contribution in [2.45, 2.75) is 50.6 Å². The lowest BCUT2D eigenvalue weighted by Gasteiger charge is -2.35. The molecule has 3 rings (SSSR count). The molecule has 2 heterocycles. The number of rotatable bonds is 5. The number of hydrogen-bond donors (Lipinski definition) is 2. The van der Waals surface area contributed by atoms with Crippen LogP contribution in [0, 0.1) is 0 Å². The Bertz CT molecular complexity index is 442. The Balaban J connectivity index is 1.33. The largest absolute Gasteiger partial charge is 0.352 e. The SMILES string of the molecule is O=C(CN1CCN(C(=O)CC2CSCCN2)CC1)NC1CCCCC1. The predicted octanol–water partition coefficient (Wildman–Crippen LogP) is 0.675. The van der Waals surface area contributed by atoms with Crippen molar-refractivity contribution >= 4 is 23.6 Å². The highest BCUT2D eigenvalue weighted by Crippen LogP contribution is 2.17. The van der Waals surface area contributed by atoms with E-state index < -0.39 is 0 Å². The van der Waals surface area contributed by atoms with Gasteiger partial charge in [-0.3, -0.25) is 14.5 Å². The van der Waals surface area contributed by atoms with E-state index >= 15 is 0 Å². The van der Waals surface area contributed by atoms with Gasteiger partial charge in [0.15, 0.2) is 0 Å². The Morgan fingerprint density at radius 2 is 1.84 bits per heavy atom. The van der Waals surface area contributed by atoms with Crippen LogP contribution in [-0.2, 0) is 9.59 Å². The van der Waals surface area contributed by atoms with Crippen molar-refractivity contribution in [3.05, 3.63) is 0 Å². The lowest BCUT2D eigenvalue weighted by molar-refractivity contribution is -0.133. The summed E-state index contributed by atoms with van der Waals surface area (Å²) >= 11 is 1.93. The van der Waals surface area contributed by atoms with E-state index in [-0.39, 0.29) is 11.8 Å². The second-order valence-electron chi connectivity index (χ2n) is 7.49. The Labute approximate surface area is 155 Å². The standard InChI is InChI=1S/C18H32N4O2S/c23-17(20-15-4-2-1-3-5-15)13-21-7-9-22(10-8-21)18(24)12-16-14-25-11-6-19-16/h15-16,19H,1-14H2,(H,20,23). The highest BCUT2D eigenvalue weighted by Gasteiger charge is 2.25. The molecule has 142 valence electrons. The highest BCUT2D eigenvalue weighted by molar-refractivity contribution is 7.99. The zero-order valence-electron chi connectivity index (χ0n) is 15.2. The maximum atomic E-state index is 12.4. The highest BCUT2D eigenvalue weighted by atomic mass is 32.2. The van der Waals surface area contributed by atoms with Crippen LogP contribution in [0.15, 0.2) is 0 Å². The molecule has 6 nitrogen and oxygen atoms in total. The maximum Gasteiger partial charge on any atom is 0.234 e. The first-order valence-corrected chi connectivity index (χ1v) is 11.0. The van der Waals surface area contributed by atoms with E-state index in [4.69, 9.17) is 0 Å². The summed E-state index contributed by atoms with van der Waals surface area (Å²) in [5.74, 6) is 2.58. The molecule has 0 bridgehead atoms. The van der Waals surface area contributed by atoms with E-state index in [2.05, 4.69) is 15.5 Å². The smallest absolute Gasteiger partial charge is 0.234 e. The van der Waals surface area contributed by atoms with Crippen molar-refractivity contribution in [2.24, 2.45) is 0 Å². The van der Waals surface area contributed by atoms with Crippen LogP contribution in [0.25, 0.3) is 0 Å². The molecular formula is C18H32N4O2S. The number of carbonyl (C=O) groups is 2. The first-order valence-electron chi connectivity index (χ1n) is 9.81. The van der Waals surface area contributed by atoms with Crippen LogP contribution < -0.4 is 10.6 Å². The number of thioether (sulfide) groups is 1. The van der Waals surface area contributed by atoms with Gasteiger partial charge in [-0.1, -0.05) is 19.3 Å². The first kappa shape index (κ1) is 19.0. The number of piperazine rings is 1. The van der Waals surface area contributed by atoms with Gasteiger partial charge in [0.05, 0.1) is 6.54 Å². The van der Waals surface area contributed by atoms with E-state index in [0.717, 1.165) is 57.1 Å². The molecule has 1 unspecified atom stereocenters. The van der Waals surface area contributed by atoms with E-state index in [1.807, 2.05) is 16.7 Å². The zero-order chi connectivity index (χ0) is 17.5. The van der Waals surface area contributed by atoms with Crippen LogP contribution in [-0.4, -0.2) is 84.5 Å². The van der Waals surface area contributed by atoms with E-state index in [9.17, 15) is 9.59 Å². The van der Waals surface area contributed by atoms with Gasteiger partial charge in [0.1, 0.15) is 0 Å². The van der Waals surface area contributed by atoms with Crippen molar-refractivity contribution in [2.75, 3.05) is 50.8 Å². The molecule has 2 aliphatic heterocycles. The first-order chi connectivity index (χ1) is 12.2. The Morgan fingerprint density at radius 3 is 2.52 bits per heavy atom. The summed E-state index contributed by atoms with van der Waals surface area (Å²) < 4.78 is 0. The van der Waals surface area contributed by atoms with E-state index in [0.29, 0.717) is 25.0 Å². The molecule has 0 radical (unpaired) electrons. The minimum Gasteiger partial charge on any atom is -0.352 e. The van der Waals surface area contributed by atoms with Crippen LogP contribution in [0.2, 0.25) is 0 Å². The van der Waals surface area contributed by atoms with Crippen molar-refractivity contribution in [1.29, 1.82) is 0 Å². The molecule has 1 aliphatic carbocycles. The molecule has 2 N–H and O–H groups in total. The second kappa shape index (κ2) is 9.78. The average Bonchev–Trinajstić information content (AvgIpc) is 2.64. The van der Waals surface area contributed by atoms with Gasteiger partial charge >= 0.3 is 0 Å². The van der Waals surface area contributed by atoms with Gasteiger partial charge in [-0.15, -0.1) is 0 Å². The molecule has 3 fully saturated rings. The molecule has 2 amide bonds. The number of nitrogens with zero attached hydrogens (tertiary/aromatic N) is 2. The van der Waals surface area contributed by atoms with E-state index in [1.54, 1.807) is 0 Å². The monoisotopic (exact) mass is 368 g/mol. The molecule has 25 heavy (non-hydrogen) atoms. The molecule has 0 aromatic heterocycles. The molecule has 1 atom stereocenters. The van der Waals surface area contributed by atoms with Crippen molar-refractivity contribution < 1.29 is 9.59 Å². The Morgan fingerprint density at radius 1 is 1.08 bits per heavy atom. The van der Waals surface area contributed by atoms with Gasteiger partial charge in [0.25, 0.3) is 0 Å². The summed E-state index contributed by atoms with van der Waals surface area (Å²) in [5.41, 5.74) is 0. The third-order valence-electron chi connectivity index (χ3n) is 5.48. The predicted molar refractivity (Wildman–Crippen MR) is 102 cm³/mol. The lowest BCUT2D eigenvalue weighted by atomic mass is 9.95. The van der Waals surface area contributed by atoms with Gasteiger partial charge < -0.3 is 15.5 Å². The molecule has 0 spiro atoms. The van der Waals surface area contributed by atoms with Crippen LogP contribution >= 0.6 is 11.8 Å². The fourth-order valence-electron chi connectivity index (χ4n) is 3.97. The summed E-state index contributed by atoms with van der Waals surface area (Å²) in [6.45, 7) is 4.57. The summed E-state index contributed by atoms with van der Waals surface area (Å²) in [4.78, 5) is 28.8. The van der Waals surface area contributed by atoms with Crippen molar-refractivity contribution in [3.63, 3.8) is 0 Å². The average molecular weight is 369 g/mol. The van der Waals surface area contributed by atoms with Crippen LogP contribution in [0.4, 0.5) is 0 Å². The molecule has 1 saturated carbocycles. The number of hydrogen-bond acceptors (Lipinski definition) is 5. The maximum absolute atomic E-state index is 12.4. The zero-order valence-corrected chi connectivity index (χ0v) is 16.0. The van der Waals surface area contributed by atoms with E-state index in [1.165, 1.54) is 19.3 Å². The molecule has 2 saturated heterocycles. The molecule has 7 heteroatoms. The molecule has 0 aromatic rings. The van der Waals surface area contributed by atoms with Gasteiger partial charge in [-0.25, -0.2) is 0 Å². The molecular weight excluding hydrogens is 336 g/mol. The minimum absolute atomic E-state index is 0.148. The normalized spacial score (nSPS) is 26.4. The number of carbonyl (C=O) groups excluding carboxylic acids is 2. The summed E-state index contributed by atoms with van der Waals surface area (Å²) in [6.07, 6.45) is 6.63. The topological polar surface area (TPSA) is 64.7 Å².